The quantitative estimate of drug-likeness (QED) is 0.474. The van der Waals surface area contributed by atoms with Crippen molar-refractivity contribution in [3.8, 4) is 11.5 Å². The molecule has 0 saturated carbocycles. The van der Waals surface area contributed by atoms with Crippen LogP contribution in [0.3, 0.4) is 0 Å². The molecule has 1 aliphatic rings. The van der Waals surface area contributed by atoms with Crippen LogP contribution in [0.25, 0.3) is 0 Å². The molecule has 0 aliphatic carbocycles. The zero-order chi connectivity index (χ0) is 20.3. The van der Waals surface area contributed by atoms with Gasteiger partial charge in [-0.2, -0.15) is 0 Å². The first-order valence-corrected chi connectivity index (χ1v) is 8.16. The van der Waals surface area contributed by atoms with Crippen LogP contribution in [0.5, 0.6) is 11.5 Å². The van der Waals surface area contributed by atoms with Crippen LogP contribution in [0.15, 0.2) is 30.3 Å². The number of halogens is 1. The largest absolute Gasteiger partial charge is 0.486 e. The van der Waals surface area contributed by atoms with Crippen molar-refractivity contribution in [2.45, 2.75) is 6.92 Å². The number of ether oxygens (including phenoxy) is 3. The van der Waals surface area contributed by atoms with Crippen molar-refractivity contribution < 1.29 is 33.1 Å². The number of carbonyl (C=O) groups is 2. The summed E-state index contributed by atoms with van der Waals surface area (Å²) >= 11 is 0. The summed E-state index contributed by atoms with van der Waals surface area (Å²) in [6.45, 7) is 1.42. The third-order valence-electron chi connectivity index (χ3n) is 3.89. The lowest BCUT2D eigenvalue weighted by Gasteiger charge is -2.18. The molecule has 1 heterocycles. The Morgan fingerprint density at radius 3 is 2.57 bits per heavy atom. The van der Waals surface area contributed by atoms with Crippen molar-refractivity contribution in [1.82, 2.24) is 0 Å². The fraction of sp³-hybridized carbons (Fsp3) is 0.222. The van der Waals surface area contributed by atoms with Crippen molar-refractivity contribution in [2.75, 3.05) is 25.1 Å². The fourth-order valence-electron chi connectivity index (χ4n) is 2.52. The number of anilines is 1. The predicted molar refractivity (Wildman–Crippen MR) is 94.1 cm³/mol. The van der Waals surface area contributed by atoms with Crippen LogP contribution >= 0.6 is 0 Å². The molecule has 1 aliphatic heterocycles. The maximum Gasteiger partial charge on any atom is 0.345 e. The molecular weight excluding hydrogens is 375 g/mol. The van der Waals surface area contributed by atoms with Crippen molar-refractivity contribution in [3.05, 3.63) is 57.4 Å². The standard InChI is InChI=1S/C18H15FN2O7/c1-10-2-3-11(19)6-13(10)20-17(22)9-28-18(23)12-7-15-16(27-5-4-26-15)8-14(12)21(24)25/h2-3,6-8H,4-5,9H2,1H3,(H,20,22). The van der Waals surface area contributed by atoms with Gasteiger partial charge in [0.15, 0.2) is 18.1 Å². The second-order valence-corrected chi connectivity index (χ2v) is 5.85. The van der Waals surface area contributed by atoms with E-state index in [1.54, 1.807) is 6.92 Å². The number of aryl methyl sites for hydroxylation is 1. The number of carbonyl (C=O) groups excluding carboxylic acids is 2. The normalized spacial score (nSPS) is 12.2. The summed E-state index contributed by atoms with van der Waals surface area (Å²) in [4.78, 5) is 34.7. The van der Waals surface area contributed by atoms with Crippen molar-refractivity contribution in [2.24, 2.45) is 0 Å². The Morgan fingerprint density at radius 1 is 1.21 bits per heavy atom. The van der Waals surface area contributed by atoms with Gasteiger partial charge in [-0.05, 0) is 24.6 Å². The summed E-state index contributed by atoms with van der Waals surface area (Å²) in [5.74, 6) is -2.01. The Hall–Kier alpha value is -3.69. The maximum atomic E-state index is 13.3. The van der Waals surface area contributed by atoms with E-state index >= 15 is 0 Å². The molecule has 28 heavy (non-hydrogen) atoms. The van der Waals surface area contributed by atoms with Crippen LogP contribution in [0.4, 0.5) is 15.8 Å². The topological polar surface area (TPSA) is 117 Å². The molecule has 9 nitrogen and oxygen atoms in total. The minimum atomic E-state index is -1.07. The number of nitro benzene ring substituents is 1. The summed E-state index contributed by atoms with van der Waals surface area (Å²) in [6, 6.07) is 6.06. The molecule has 0 aromatic heterocycles. The second-order valence-electron chi connectivity index (χ2n) is 5.85. The molecule has 1 N–H and O–H groups in total. The van der Waals surface area contributed by atoms with Crippen LogP contribution < -0.4 is 14.8 Å². The number of nitrogens with one attached hydrogen (secondary N) is 1. The smallest absolute Gasteiger partial charge is 0.345 e. The molecule has 0 fully saturated rings. The van der Waals surface area contributed by atoms with Crippen LogP contribution in [-0.4, -0.2) is 36.6 Å². The first-order valence-electron chi connectivity index (χ1n) is 8.16. The number of benzene rings is 2. The Kier molecular flexibility index (Phi) is 5.39. The molecule has 1 amide bonds. The van der Waals surface area contributed by atoms with Crippen LogP contribution in [0.1, 0.15) is 15.9 Å². The Labute approximate surface area is 158 Å². The Morgan fingerprint density at radius 2 is 1.89 bits per heavy atom. The SMILES string of the molecule is Cc1ccc(F)cc1NC(=O)COC(=O)c1cc2c(cc1[N+](=O)[O-])OCCO2. The van der Waals surface area contributed by atoms with Gasteiger partial charge in [-0.1, -0.05) is 6.07 Å². The second kappa shape index (κ2) is 7.91. The number of nitrogens with zero attached hydrogens (tertiary/aromatic N) is 1. The molecule has 146 valence electrons. The average molecular weight is 390 g/mol. The first-order chi connectivity index (χ1) is 13.3. The minimum Gasteiger partial charge on any atom is -0.486 e. The van der Waals surface area contributed by atoms with E-state index < -0.39 is 34.9 Å². The number of rotatable bonds is 5. The molecule has 0 atom stereocenters. The van der Waals surface area contributed by atoms with Gasteiger partial charge in [-0.3, -0.25) is 14.9 Å². The number of amides is 1. The highest BCUT2D eigenvalue weighted by Crippen LogP contribution is 2.36. The third-order valence-corrected chi connectivity index (χ3v) is 3.89. The fourth-order valence-corrected chi connectivity index (χ4v) is 2.52. The van der Waals surface area contributed by atoms with E-state index in [-0.39, 0.29) is 36.0 Å². The van der Waals surface area contributed by atoms with E-state index in [2.05, 4.69) is 5.32 Å². The summed E-state index contributed by atoms with van der Waals surface area (Å²) in [5.41, 5.74) is -0.0606. The van der Waals surface area contributed by atoms with Crippen molar-refractivity contribution in [1.29, 1.82) is 0 Å². The molecule has 0 bridgehead atoms. The molecule has 0 saturated heterocycles. The van der Waals surface area contributed by atoms with Crippen LogP contribution in [-0.2, 0) is 9.53 Å². The summed E-state index contributed by atoms with van der Waals surface area (Å²) < 4.78 is 28.7. The molecule has 0 unspecified atom stereocenters. The highest BCUT2D eigenvalue weighted by molar-refractivity contribution is 5.98. The molecule has 0 spiro atoms. The number of nitro groups is 1. The summed E-state index contributed by atoms with van der Waals surface area (Å²) in [5, 5.41) is 13.7. The first kappa shape index (κ1) is 19.1. The maximum absolute atomic E-state index is 13.3. The monoisotopic (exact) mass is 390 g/mol. The van der Waals surface area contributed by atoms with Gasteiger partial charge < -0.3 is 19.5 Å². The van der Waals surface area contributed by atoms with Crippen LogP contribution in [0, 0.1) is 22.9 Å². The third kappa shape index (κ3) is 4.17. The Bertz CT molecular complexity index is 961. The van der Waals surface area contributed by atoms with Gasteiger partial charge in [-0.25, -0.2) is 9.18 Å². The lowest BCUT2D eigenvalue weighted by molar-refractivity contribution is -0.385. The van der Waals surface area contributed by atoms with E-state index in [0.717, 1.165) is 18.2 Å². The Balaban J connectivity index is 1.71. The lowest BCUT2D eigenvalue weighted by atomic mass is 10.1. The van der Waals surface area contributed by atoms with E-state index in [4.69, 9.17) is 14.2 Å². The van der Waals surface area contributed by atoms with Gasteiger partial charge in [0.1, 0.15) is 24.6 Å². The number of hydrogen-bond donors (Lipinski definition) is 1. The lowest BCUT2D eigenvalue weighted by Crippen LogP contribution is -2.22. The molecular formula is C18H15FN2O7. The molecule has 2 aromatic rings. The molecule has 10 heteroatoms. The van der Waals surface area contributed by atoms with E-state index in [9.17, 15) is 24.1 Å². The summed E-state index contributed by atoms with van der Waals surface area (Å²) in [7, 11) is 0. The zero-order valence-corrected chi connectivity index (χ0v) is 14.7. The van der Waals surface area contributed by atoms with Gasteiger partial charge in [0.2, 0.25) is 0 Å². The number of fused-ring (bicyclic) bond motifs is 1. The summed E-state index contributed by atoms with van der Waals surface area (Å²) in [6.07, 6.45) is 0. The van der Waals surface area contributed by atoms with Crippen molar-refractivity contribution >= 4 is 23.3 Å². The highest BCUT2D eigenvalue weighted by atomic mass is 19.1. The molecule has 2 aromatic carbocycles. The average Bonchev–Trinajstić information content (AvgIpc) is 2.67. The van der Waals surface area contributed by atoms with Gasteiger partial charge in [0, 0.05) is 11.8 Å². The predicted octanol–water partition coefficient (Wildman–Crippen LogP) is 2.61. The zero-order valence-electron chi connectivity index (χ0n) is 14.7. The van der Waals surface area contributed by atoms with E-state index in [1.165, 1.54) is 12.1 Å². The van der Waals surface area contributed by atoms with E-state index in [1.807, 2.05) is 0 Å². The molecule has 0 radical (unpaired) electrons. The van der Waals surface area contributed by atoms with Gasteiger partial charge in [0.25, 0.3) is 11.6 Å². The number of esters is 1. The van der Waals surface area contributed by atoms with Crippen molar-refractivity contribution in [3.63, 3.8) is 0 Å². The van der Waals surface area contributed by atoms with Gasteiger partial charge in [-0.15, -0.1) is 0 Å². The highest BCUT2D eigenvalue weighted by Gasteiger charge is 2.27. The van der Waals surface area contributed by atoms with Gasteiger partial charge in [0.05, 0.1) is 11.0 Å². The van der Waals surface area contributed by atoms with Gasteiger partial charge >= 0.3 is 5.97 Å². The van der Waals surface area contributed by atoms with E-state index in [0.29, 0.717) is 5.56 Å². The number of hydrogen-bond acceptors (Lipinski definition) is 7. The van der Waals surface area contributed by atoms with Crippen LogP contribution in [0.2, 0.25) is 0 Å². The minimum absolute atomic E-state index is 0.147. The molecule has 3 rings (SSSR count).